The molecule has 0 radical (unpaired) electrons. The number of nitrogens with one attached hydrogen (secondary N) is 3. The van der Waals surface area contributed by atoms with Crippen LogP contribution in [-0.2, 0) is 6.18 Å². The summed E-state index contributed by atoms with van der Waals surface area (Å²) in [5.41, 5.74) is 3.46. The molecule has 3 aromatic heterocycles. The van der Waals surface area contributed by atoms with Gasteiger partial charge in [-0.1, -0.05) is 6.07 Å². The summed E-state index contributed by atoms with van der Waals surface area (Å²) < 4.78 is 38.5. The molecule has 0 spiro atoms. The van der Waals surface area contributed by atoms with E-state index in [0.29, 0.717) is 22.8 Å². The highest BCUT2D eigenvalue weighted by atomic mass is 19.4. The van der Waals surface area contributed by atoms with Crippen molar-refractivity contribution in [3.63, 3.8) is 0 Å². The average Bonchev–Trinajstić information content (AvgIpc) is 2.92. The van der Waals surface area contributed by atoms with Crippen LogP contribution in [0, 0.1) is 6.92 Å². The summed E-state index contributed by atoms with van der Waals surface area (Å²) in [7, 11) is 1.53. The Morgan fingerprint density at radius 3 is 2.33 bits per heavy atom. The van der Waals surface area contributed by atoms with Crippen molar-refractivity contribution in [2.45, 2.75) is 33.0 Å². The fourth-order valence-corrected chi connectivity index (χ4v) is 3.96. The molecule has 40 heavy (non-hydrogen) atoms. The number of halogens is 3. The summed E-state index contributed by atoms with van der Waals surface area (Å²) in [6, 6.07) is 14.5. The van der Waals surface area contributed by atoms with E-state index in [4.69, 9.17) is 4.98 Å². The Kier molecular flexibility index (Phi) is 8.13. The highest BCUT2D eigenvalue weighted by Gasteiger charge is 2.32. The van der Waals surface area contributed by atoms with Gasteiger partial charge in [0.2, 0.25) is 0 Å². The first-order valence-corrected chi connectivity index (χ1v) is 12.4. The van der Waals surface area contributed by atoms with Crippen molar-refractivity contribution in [1.29, 1.82) is 0 Å². The van der Waals surface area contributed by atoms with Crippen LogP contribution in [0.1, 0.15) is 46.0 Å². The smallest absolute Gasteiger partial charge is 0.368 e. The molecule has 0 bridgehead atoms. The van der Waals surface area contributed by atoms with Gasteiger partial charge in [-0.15, -0.1) is 0 Å². The molecule has 0 saturated heterocycles. The molecule has 0 aliphatic rings. The number of carbonyl (C=O) groups is 2. The van der Waals surface area contributed by atoms with Gasteiger partial charge in [-0.25, -0.2) is 4.98 Å². The molecule has 206 valence electrons. The molecule has 0 atom stereocenters. The molecular formula is C29H27F3N6O2. The molecule has 0 fully saturated rings. The maximum absolute atomic E-state index is 12.8. The van der Waals surface area contributed by atoms with E-state index in [1.165, 1.54) is 7.05 Å². The van der Waals surface area contributed by atoms with Gasteiger partial charge in [0.15, 0.2) is 0 Å². The number of aromatic nitrogens is 3. The number of pyridine rings is 3. The van der Waals surface area contributed by atoms with Crippen molar-refractivity contribution in [2.24, 2.45) is 0 Å². The Bertz CT molecular complexity index is 1550. The number of hydrogen-bond donors (Lipinski definition) is 3. The summed E-state index contributed by atoms with van der Waals surface area (Å²) in [4.78, 5) is 37.1. The number of nitrogens with zero attached hydrogens (tertiary/aromatic N) is 3. The van der Waals surface area contributed by atoms with Crippen molar-refractivity contribution in [3.8, 4) is 22.4 Å². The molecule has 4 aromatic rings. The van der Waals surface area contributed by atoms with Crippen LogP contribution in [0.25, 0.3) is 22.4 Å². The van der Waals surface area contributed by atoms with Gasteiger partial charge in [-0.2, -0.15) is 13.2 Å². The van der Waals surface area contributed by atoms with Crippen LogP contribution >= 0.6 is 0 Å². The Morgan fingerprint density at radius 1 is 0.900 bits per heavy atom. The maximum Gasteiger partial charge on any atom is 0.433 e. The van der Waals surface area contributed by atoms with Crippen LogP contribution in [0.15, 0.2) is 67.0 Å². The number of hydrogen-bond acceptors (Lipinski definition) is 6. The molecule has 0 aliphatic heterocycles. The summed E-state index contributed by atoms with van der Waals surface area (Å²) >= 11 is 0. The zero-order chi connectivity index (χ0) is 29.0. The Hall–Kier alpha value is -4.80. The number of amides is 2. The second-order valence-electron chi connectivity index (χ2n) is 9.35. The molecule has 0 aliphatic carbocycles. The topological polar surface area (TPSA) is 109 Å². The van der Waals surface area contributed by atoms with E-state index in [0.717, 1.165) is 35.0 Å². The molecule has 0 unspecified atom stereocenters. The minimum absolute atomic E-state index is 0.00523. The van der Waals surface area contributed by atoms with Crippen LogP contribution < -0.4 is 16.0 Å². The molecule has 3 heterocycles. The second kappa shape index (κ2) is 11.5. The first-order valence-electron chi connectivity index (χ1n) is 12.4. The lowest BCUT2D eigenvalue weighted by atomic mass is 9.98. The summed E-state index contributed by atoms with van der Waals surface area (Å²) in [5.74, 6) is -0.293. The molecule has 3 N–H and O–H groups in total. The first kappa shape index (κ1) is 28.2. The highest BCUT2D eigenvalue weighted by Crippen LogP contribution is 2.32. The van der Waals surface area contributed by atoms with Crippen LogP contribution in [-0.4, -0.2) is 39.9 Å². The highest BCUT2D eigenvalue weighted by molar-refractivity contribution is 6.04. The summed E-state index contributed by atoms with van der Waals surface area (Å²) in [6.07, 6.45) is -2.15. The number of alkyl halides is 3. The van der Waals surface area contributed by atoms with Gasteiger partial charge in [0.05, 0.1) is 11.3 Å². The normalized spacial score (nSPS) is 11.3. The molecule has 1 aromatic carbocycles. The third-order valence-electron chi connectivity index (χ3n) is 5.90. The molecular weight excluding hydrogens is 521 g/mol. The van der Waals surface area contributed by atoms with E-state index in [1.54, 1.807) is 30.5 Å². The van der Waals surface area contributed by atoms with E-state index in [2.05, 4.69) is 25.9 Å². The van der Waals surface area contributed by atoms with Crippen molar-refractivity contribution in [1.82, 2.24) is 20.3 Å². The van der Waals surface area contributed by atoms with Crippen molar-refractivity contribution in [3.05, 3.63) is 89.5 Å². The van der Waals surface area contributed by atoms with Gasteiger partial charge in [0, 0.05) is 36.7 Å². The second-order valence-corrected chi connectivity index (χ2v) is 9.35. The molecule has 11 heteroatoms. The monoisotopic (exact) mass is 548 g/mol. The average molecular weight is 549 g/mol. The Labute approximate surface area is 229 Å². The van der Waals surface area contributed by atoms with Crippen molar-refractivity contribution in [2.75, 3.05) is 17.7 Å². The standard InChI is InChI=1S/C29H27F3N6O2/c1-16(2)36-26-13-20(12-23(38-26)18-9-10-34-24(11-18)28(40)33-4)22-14-21(7-5-17(22)3)37-27(39)19-6-8-25(35-15-19)29(30,31)32/h5-16H,1-4H3,(H,33,40)(H,36,38)(H,37,39). The largest absolute Gasteiger partial charge is 0.433 e. The Morgan fingerprint density at radius 2 is 1.68 bits per heavy atom. The zero-order valence-corrected chi connectivity index (χ0v) is 22.2. The molecule has 4 rings (SSSR count). The lowest BCUT2D eigenvalue weighted by Gasteiger charge is -2.16. The predicted octanol–water partition coefficient (Wildman–Crippen LogP) is 5.97. The van der Waals surface area contributed by atoms with Crippen LogP contribution in [0.3, 0.4) is 0 Å². The van der Waals surface area contributed by atoms with Crippen LogP contribution in [0.5, 0.6) is 0 Å². The third-order valence-corrected chi connectivity index (χ3v) is 5.90. The van der Waals surface area contributed by atoms with E-state index in [1.807, 2.05) is 39.0 Å². The summed E-state index contributed by atoms with van der Waals surface area (Å²) in [6.45, 7) is 5.90. The number of anilines is 2. The summed E-state index contributed by atoms with van der Waals surface area (Å²) in [5, 5.41) is 8.61. The van der Waals surface area contributed by atoms with Crippen LogP contribution in [0.4, 0.5) is 24.7 Å². The maximum atomic E-state index is 12.8. The van der Waals surface area contributed by atoms with Gasteiger partial charge in [0.25, 0.3) is 11.8 Å². The van der Waals surface area contributed by atoms with E-state index in [-0.39, 0.29) is 23.2 Å². The lowest BCUT2D eigenvalue weighted by molar-refractivity contribution is -0.141. The quantitative estimate of drug-likeness (QED) is 0.263. The van der Waals surface area contributed by atoms with Crippen molar-refractivity contribution < 1.29 is 22.8 Å². The van der Waals surface area contributed by atoms with E-state index >= 15 is 0 Å². The van der Waals surface area contributed by atoms with Gasteiger partial charge in [0.1, 0.15) is 17.2 Å². The fraction of sp³-hybridized carbons (Fsp3) is 0.207. The van der Waals surface area contributed by atoms with Gasteiger partial charge in [-0.3, -0.25) is 19.6 Å². The van der Waals surface area contributed by atoms with E-state index < -0.39 is 17.8 Å². The number of carbonyl (C=O) groups excluding carboxylic acids is 2. The Balaban J connectivity index is 1.70. The molecule has 0 saturated carbocycles. The molecule has 8 nitrogen and oxygen atoms in total. The van der Waals surface area contributed by atoms with Gasteiger partial charge >= 0.3 is 6.18 Å². The third kappa shape index (κ3) is 6.60. The molecule has 2 amide bonds. The number of aryl methyl sites for hydroxylation is 1. The SMILES string of the molecule is CNC(=O)c1cc(-c2cc(-c3cc(NC(=O)c4ccc(C(F)(F)F)nc4)ccc3C)cc(NC(C)C)n2)ccn1. The zero-order valence-electron chi connectivity index (χ0n) is 22.2. The number of benzene rings is 1. The van der Waals surface area contributed by atoms with Crippen molar-refractivity contribution >= 4 is 23.3 Å². The minimum atomic E-state index is -4.59. The number of rotatable bonds is 7. The van der Waals surface area contributed by atoms with Gasteiger partial charge < -0.3 is 16.0 Å². The van der Waals surface area contributed by atoms with Gasteiger partial charge in [-0.05, 0) is 86.0 Å². The predicted molar refractivity (Wildman–Crippen MR) is 147 cm³/mol. The fourth-order valence-electron chi connectivity index (χ4n) is 3.96. The minimum Gasteiger partial charge on any atom is -0.368 e. The van der Waals surface area contributed by atoms with E-state index in [9.17, 15) is 22.8 Å². The first-order chi connectivity index (χ1) is 18.9. The van der Waals surface area contributed by atoms with Crippen LogP contribution in [0.2, 0.25) is 0 Å². The lowest BCUT2D eigenvalue weighted by Crippen LogP contribution is -2.19.